The number of ether oxygens (including phenoxy) is 1. The van der Waals surface area contributed by atoms with Crippen LogP contribution in [-0.4, -0.2) is 29.6 Å². The van der Waals surface area contributed by atoms with Crippen LogP contribution in [0.15, 0.2) is 54.6 Å². The Morgan fingerprint density at radius 3 is 2.48 bits per heavy atom. The lowest BCUT2D eigenvalue weighted by Gasteiger charge is -2.30. The average Bonchev–Trinajstić information content (AvgIpc) is 2.80. The van der Waals surface area contributed by atoms with Gasteiger partial charge in [0.05, 0.1) is 12.1 Å². The Balaban J connectivity index is 1.39. The fraction of sp³-hybridized carbons (Fsp3) is 0.360. The van der Waals surface area contributed by atoms with Gasteiger partial charge in [-0.3, -0.25) is 4.79 Å². The third kappa shape index (κ3) is 5.56. The minimum absolute atomic E-state index is 0.0196. The van der Waals surface area contributed by atoms with Gasteiger partial charge in [-0.1, -0.05) is 24.3 Å². The standard InChI is InChI=1S/C25H26F3N3O2/c1-2-33-19-7-5-6-16(14-19)24(32)30-18-12-10-17(11-13-18)29-22-15-23(25(26,27)28)31-21-9-4-3-8-20(21)22/h3-9,14-15,17-18H,2,10-13H2,1H3,(H,29,31)(H,30,32). The van der Waals surface area contributed by atoms with E-state index in [0.29, 0.717) is 34.5 Å². The number of amides is 1. The Kier molecular flexibility index (Phi) is 6.72. The highest BCUT2D eigenvalue weighted by atomic mass is 19.4. The van der Waals surface area contributed by atoms with Crippen molar-refractivity contribution in [2.75, 3.05) is 11.9 Å². The highest BCUT2D eigenvalue weighted by Crippen LogP contribution is 2.34. The molecular formula is C25H26F3N3O2. The van der Waals surface area contributed by atoms with E-state index in [2.05, 4.69) is 15.6 Å². The summed E-state index contributed by atoms with van der Waals surface area (Å²) in [4.78, 5) is 16.4. The first-order valence-corrected chi connectivity index (χ1v) is 11.1. The van der Waals surface area contributed by atoms with E-state index in [1.165, 1.54) is 0 Å². The zero-order valence-electron chi connectivity index (χ0n) is 18.3. The maximum absolute atomic E-state index is 13.3. The molecule has 0 radical (unpaired) electrons. The number of carbonyl (C=O) groups excluding carboxylic acids is 1. The number of nitrogens with one attached hydrogen (secondary N) is 2. The summed E-state index contributed by atoms with van der Waals surface area (Å²) in [5.41, 5.74) is 0.390. The van der Waals surface area contributed by atoms with Crippen LogP contribution >= 0.6 is 0 Å². The summed E-state index contributed by atoms with van der Waals surface area (Å²) in [5, 5.41) is 7.02. The molecule has 0 saturated heterocycles. The number of carbonyl (C=O) groups is 1. The van der Waals surface area contributed by atoms with E-state index in [4.69, 9.17) is 4.74 Å². The van der Waals surface area contributed by atoms with Gasteiger partial charge in [-0.25, -0.2) is 4.98 Å². The largest absolute Gasteiger partial charge is 0.494 e. The van der Waals surface area contributed by atoms with E-state index in [0.717, 1.165) is 31.7 Å². The summed E-state index contributed by atoms with van der Waals surface area (Å²) in [6, 6.07) is 15.0. The topological polar surface area (TPSA) is 63.2 Å². The maximum atomic E-state index is 13.3. The van der Waals surface area contributed by atoms with Crippen LogP contribution in [0.25, 0.3) is 10.9 Å². The summed E-state index contributed by atoms with van der Waals surface area (Å²) < 4.78 is 45.4. The molecule has 2 N–H and O–H groups in total. The average molecular weight is 457 g/mol. The summed E-state index contributed by atoms with van der Waals surface area (Å²) >= 11 is 0. The lowest BCUT2D eigenvalue weighted by molar-refractivity contribution is -0.140. The number of hydrogen-bond acceptors (Lipinski definition) is 4. The van der Waals surface area contributed by atoms with Crippen LogP contribution in [0.3, 0.4) is 0 Å². The van der Waals surface area contributed by atoms with E-state index in [1.54, 1.807) is 42.5 Å². The number of rotatable bonds is 6. The molecule has 0 unspecified atom stereocenters. The molecule has 33 heavy (non-hydrogen) atoms. The minimum atomic E-state index is -4.51. The normalized spacial score (nSPS) is 18.7. The first kappa shape index (κ1) is 22.9. The molecule has 0 aliphatic heterocycles. The van der Waals surface area contributed by atoms with Crippen molar-refractivity contribution in [3.63, 3.8) is 0 Å². The molecule has 2 aromatic carbocycles. The molecule has 1 amide bonds. The number of para-hydroxylation sites is 1. The number of hydrogen-bond donors (Lipinski definition) is 2. The third-order valence-corrected chi connectivity index (χ3v) is 5.84. The second kappa shape index (κ2) is 9.68. The number of nitrogens with zero attached hydrogens (tertiary/aromatic N) is 1. The van der Waals surface area contributed by atoms with Gasteiger partial charge in [-0.15, -0.1) is 0 Å². The number of benzene rings is 2. The van der Waals surface area contributed by atoms with Gasteiger partial charge in [0.2, 0.25) is 0 Å². The molecule has 1 fully saturated rings. The Morgan fingerprint density at radius 2 is 1.76 bits per heavy atom. The molecule has 8 heteroatoms. The molecule has 4 rings (SSSR count). The highest BCUT2D eigenvalue weighted by molar-refractivity contribution is 5.94. The fourth-order valence-electron chi connectivity index (χ4n) is 4.20. The molecule has 1 saturated carbocycles. The zero-order chi connectivity index (χ0) is 23.4. The zero-order valence-corrected chi connectivity index (χ0v) is 18.3. The quantitative estimate of drug-likeness (QED) is 0.491. The smallest absolute Gasteiger partial charge is 0.433 e. The van der Waals surface area contributed by atoms with E-state index >= 15 is 0 Å². The lowest BCUT2D eigenvalue weighted by Crippen LogP contribution is -2.40. The molecule has 1 aliphatic rings. The summed E-state index contributed by atoms with van der Waals surface area (Å²) in [5.74, 6) is 0.503. The van der Waals surface area contributed by atoms with Crippen molar-refractivity contribution in [3.05, 3.63) is 65.9 Å². The van der Waals surface area contributed by atoms with Gasteiger partial charge in [0.1, 0.15) is 11.4 Å². The van der Waals surface area contributed by atoms with Crippen LogP contribution in [0.1, 0.15) is 48.7 Å². The van der Waals surface area contributed by atoms with Gasteiger partial charge in [-0.05, 0) is 62.9 Å². The van der Waals surface area contributed by atoms with Crippen molar-refractivity contribution in [1.82, 2.24) is 10.3 Å². The van der Waals surface area contributed by atoms with Crippen molar-refractivity contribution in [1.29, 1.82) is 0 Å². The second-order valence-corrected chi connectivity index (χ2v) is 8.20. The predicted octanol–water partition coefficient (Wildman–Crippen LogP) is 5.81. The molecule has 174 valence electrons. The van der Waals surface area contributed by atoms with Gasteiger partial charge >= 0.3 is 6.18 Å². The Morgan fingerprint density at radius 1 is 1.03 bits per heavy atom. The van der Waals surface area contributed by atoms with Crippen molar-refractivity contribution < 1.29 is 22.7 Å². The maximum Gasteiger partial charge on any atom is 0.433 e. The van der Waals surface area contributed by atoms with Crippen molar-refractivity contribution >= 4 is 22.5 Å². The van der Waals surface area contributed by atoms with Crippen LogP contribution in [0.5, 0.6) is 5.75 Å². The Labute approximate surface area is 190 Å². The van der Waals surface area contributed by atoms with Crippen molar-refractivity contribution in [2.45, 2.75) is 50.9 Å². The molecule has 1 aromatic heterocycles. The molecule has 5 nitrogen and oxygen atoms in total. The van der Waals surface area contributed by atoms with Crippen LogP contribution in [0.4, 0.5) is 18.9 Å². The number of anilines is 1. The van der Waals surface area contributed by atoms with Crippen LogP contribution < -0.4 is 15.4 Å². The fourth-order valence-corrected chi connectivity index (χ4v) is 4.20. The van der Waals surface area contributed by atoms with Crippen LogP contribution in [0, 0.1) is 0 Å². The van der Waals surface area contributed by atoms with E-state index in [9.17, 15) is 18.0 Å². The second-order valence-electron chi connectivity index (χ2n) is 8.20. The SMILES string of the molecule is CCOc1cccc(C(=O)NC2CCC(Nc3cc(C(F)(F)F)nc4ccccc34)CC2)c1. The van der Waals surface area contributed by atoms with E-state index < -0.39 is 11.9 Å². The highest BCUT2D eigenvalue weighted by Gasteiger charge is 2.34. The number of pyridine rings is 1. The van der Waals surface area contributed by atoms with Gasteiger partial charge in [0.25, 0.3) is 5.91 Å². The van der Waals surface area contributed by atoms with E-state index in [-0.39, 0.29) is 18.0 Å². The number of aromatic nitrogens is 1. The van der Waals surface area contributed by atoms with Gasteiger partial charge in [0.15, 0.2) is 0 Å². The monoisotopic (exact) mass is 457 g/mol. The van der Waals surface area contributed by atoms with Crippen LogP contribution in [0.2, 0.25) is 0 Å². The minimum Gasteiger partial charge on any atom is -0.494 e. The molecule has 3 aromatic rings. The lowest BCUT2D eigenvalue weighted by atomic mass is 9.90. The summed E-state index contributed by atoms with van der Waals surface area (Å²) in [6.07, 6.45) is -1.56. The number of halogens is 3. The molecular weight excluding hydrogens is 431 g/mol. The van der Waals surface area contributed by atoms with Crippen molar-refractivity contribution in [2.24, 2.45) is 0 Å². The first-order valence-electron chi connectivity index (χ1n) is 11.1. The Hall–Kier alpha value is -3.29. The van der Waals surface area contributed by atoms with Crippen LogP contribution in [-0.2, 0) is 6.18 Å². The number of alkyl halides is 3. The number of fused-ring (bicyclic) bond motifs is 1. The molecule has 1 aliphatic carbocycles. The Bertz CT molecular complexity index is 1130. The molecule has 0 bridgehead atoms. The predicted molar refractivity (Wildman–Crippen MR) is 121 cm³/mol. The third-order valence-electron chi connectivity index (χ3n) is 5.84. The van der Waals surface area contributed by atoms with Gasteiger partial charge in [-0.2, -0.15) is 13.2 Å². The molecule has 0 spiro atoms. The van der Waals surface area contributed by atoms with Crippen molar-refractivity contribution in [3.8, 4) is 5.75 Å². The summed E-state index contributed by atoms with van der Waals surface area (Å²) in [6.45, 7) is 2.41. The molecule has 1 heterocycles. The summed E-state index contributed by atoms with van der Waals surface area (Å²) in [7, 11) is 0. The van der Waals surface area contributed by atoms with Gasteiger partial charge < -0.3 is 15.4 Å². The first-order chi connectivity index (χ1) is 15.8. The van der Waals surface area contributed by atoms with Gasteiger partial charge in [0, 0.05) is 28.7 Å². The molecule has 0 atom stereocenters. The van der Waals surface area contributed by atoms with E-state index in [1.807, 2.05) is 13.0 Å².